The molecule has 0 amide bonds. The largest absolute Gasteiger partial charge is 0.497 e. The highest BCUT2D eigenvalue weighted by atomic mass is 16.5. The van der Waals surface area contributed by atoms with Crippen molar-refractivity contribution < 1.29 is 24.5 Å². The van der Waals surface area contributed by atoms with Gasteiger partial charge in [-0.2, -0.15) is 0 Å². The minimum atomic E-state index is -1.82. The fourth-order valence-electron chi connectivity index (χ4n) is 2.53. The molecule has 6 nitrogen and oxygen atoms in total. The van der Waals surface area contributed by atoms with Crippen molar-refractivity contribution in [2.45, 2.75) is 13.1 Å². The highest BCUT2D eigenvalue weighted by Crippen LogP contribution is 2.18. The predicted octanol–water partition coefficient (Wildman–Crippen LogP) is 3.29. The number of rotatable bonds is 5. The zero-order chi connectivity index (χ0) is 19.6. The molecule has 0 aromatic heterocycles. The van der Waals surface area contributed by atoms with Crippen LogP contribution in [0.3, 0.4) is 0 Å². The Balaban J connectivity index is 0.000000380. The van der Waals surface area contributed by atoms with Gasteiger partial charge in [-0.15, -0.1) is 0 Å². The van der Waals surface area contributed by atoms with Crippen molar-refractivity contribution in [3.63, 3.8) is 0 Å². The average molecular weight is 367 g/mol. The van der Waals surface area contributed by atoms with Crippen LogP contribution in [-0.4, -0.2) is 29.3 Å². The van der Waals surface area contributed by atoms with Gasteiger partial charge in [0, 0.05) is 13.1 Å². The molecule has 0 aliphatic rings. The van der Waals surface area contributed by atoms with Crippen molar-refractivity contribution in [3.05, 3.63) is 77.9 Å². The Labute approximate surface area is 157 Å². The number of carboxylic acids is 2. The SMILES string of the molecule is COc1ccc(CNCc2cccc3ccccc23)cc1.O=C(O)C(=O)O. The van der Waals surface area contributed by atoms with Gasteiger partial charge in [0.2, 0.25) is 0 Å². The standard InChI is InChI=1S/C19H19NO.C2H2O4/c1-21-18-11-9-15(10-12-18)13-20-14-17-7-4-6-16-5-2-3-8-19(16)17;3-1(4)2(5)6/h2-12,20H,13-14H2,1H3;(H,3,4)(H,5,6). The first-order valence-electron chi connectivity index (χ1n) is 8.27. The summed E-state index contributed by atoms with van der Waals surface area (Å²) in [6.07, 6.45) is 0. The van der Waals surface area contributed by atoms with Crippen LogP contribution in [0.25, 0.3) is 10.8 Å². The molecule has 3 aromatic carbocycles. The van der Waals surface area contributed by atoms with E-state index in [1.54, 1.807) is 7.11 Å². The number of hydrogen-bond donors (Lipinski definition) is 3. The van der Waals surface area contributed by atoms with Crippen LogP contribution in [0, 0.1) is 0 Å². The minimum Gasteiger partial charge on any atom is -0.497 e. The van der Waals surface area contributed by atoms with Crippen LogP contribution in [-0.2, 0) is 22.7 Å². The second kappa shape index (κ2) is 9.94. The lowest BCUT2D eigenvalue weighted by Gasteiger charge is -2.09. The lowest BCUT2D eigenvalue weighted by Crippen LogP contribution is -2.12. The van der Waals surface area contributed by atoms with Gasteiger partial charge in [0.1, 0.15) is 5.75 Å². The molecule has 27 heavy (non-hydrogen) atoms. The molecule has 3 rings (SSSR count). The maximum absolute atomic E-state index is 9.10. The van der Waals surface area contributed by atoms with E-state index in [1.165, 1.54) is 21.9 Å². The van der Waals surface area contributed by atoms with Crippen LogP contribution >= 0.6 is 0 Å². The highest BCUT2D eigenvalue weighted by molar-refractivity contribution is 6.27. The van der Waals surface area contributed by atoms with Gasteiger partial charge in [-0.1, -0.05) is 54.6 Å². The summed E-state index contributed by atoms with van der Waals surface area (Å²) in [7, 11) is 1.69. The summed E-state index contributed by atoms with van der Waals surface area (Å²) in [6, 6.07) is 23.1. The quantitative estimate of drug-likeness (QED) is 0.599. The number of aliphatic carboxylic acids is 2. The molecule has 0 aliphatic carbocycles. The summed E-state index contributed by atoms with van der Waals surface area (Å²) in [5.41, 5.74) is 2.60. The number of fused-ring (bicyclic) bond motifs is 1. The van der Waals surface area contributed by atoms with E-state index in [2.05, 4.69) is 59.9 Å². The zero-order valence-corrected chi connectivity index (χ0v) is 14.9. The van der Waals surface area contributed by atoms with Gasteiger partial charge in [0.05, 0.1) is 7.11 Å². The van der Waals surface area contributed by atoms with Crippen LogP contribution in [0.15, 0.2) is 66.7 Å². The number of ether oxygens (including phenoxy) is 1. The zero-order valence-electron chi connectivity index (χ0n) is 14.9. The van der Waals surface area contributed by atoms with Crippen LogP contribution in [0.5, 0.6) is 5.75 Å². The fraction of sp³-hybridized carbons (Fsp3) is 0.143. The molecule has 0 aliphatic heterocycles. The van der Waals surface area contributed by atoms with Gasteiger partial charge >= 0.3 is 11.9 Å². The number of nitrogens with one attached hydrogen (secondary N) is 1. The van der Waals surface area contributed by atoms with E-state index in [1.807, 2.05) is 12.1 Å². The number of hydrogen-bond acceptors (Lipinski definition) is 4. The molecule has 0 radical (unpaired) electrons. The monoisotopic (exact) mass is 367 g/mol. The molecule has 3 aromatic rings. The maximum atomic E-state index is 9.10. The summed E-state index contributed by atoms with van der Waals surface area (Å²) in [5.74, 6) is -2.75. The van der Waals surface area contributed by atoms with E-state index in [-0.39, 0.29) is 0 Å². The van der Waals surface area contributed by atoms with E-state index in [0.717, 1.165) is 18.8 Å². The Morgan fingerprint density at radius 2 is 1.48 bits per heavy atom. The number of benzene rings is 3. The summed E-state index contributed by atoms with van der Waals surface area (Å²) in [4.78, 5) is 18.2. The van der Waals surface area contributed by atoms with E-state index in [0.29, 0.717) is 0 Å². The third-order valence-corrected chi connectivity index (χ3v) is 3.87. The molecule has 0 saturated heterocycles. The maximum Gasteiger partial charge on any atom is 0.414 e. The van der Waals surface area contributed by atoms with E-state index in [9.17, 15) is 0 Å². The molecule has 140 valence electrons. The van der Waals surface area contributed by atoms with Crippen molar-refractivity contribution in [2.24, 2.45) is 0 Å². The minimum absolute atomic E-state index is 0.854. The molecule has 0 bridgehead atoms. The lowest BCUT2D eigenvalue weighted by molar-refractivity contribution is -0.159. The van der Waals surface area contributed by atoms with Crippen molar-refractivity contribution in [3.8, 4) is 5.75 Å². The number of methoxy groups -OCH3 is 1. The molecule has 3 N–H and O–H groups in total. The smallest absolute Gasteiger partial charge is 0.414 e. The Hall–Kier alpha value is -3.38. The second-order valence-electron chi connectivity index (χ2n) is 5.70. The molecular weight excluding hydrogens is 346 g/mol. The Bertz CT molecular complexity index is 889. The normalized spacial score (nSPS) is 9.96. The van der Waals surface area contributed by atoms with Crippen molar-refractivity contribution in [2.75, 3.05) is 7.11 Å². The average Bonchev–Trinajstić information content (AvgIpc) is 2.69. The lowest BCUT2D eigenvalue weighted by atomic mass is 10.0. The molecule has 0 atom stereocenters. The molecule has 0 fully saturated rings. The molecule has 0 heterocycles. The van der Waals surface area contributed by atoms with Crippen molar-refractivity contribution in [1.29, 1.82) is 0 Å². The molecular formula is C21H21NO5. The van der Waals surface area contributed by atoms with E-state index >= 15 is 0 Å². The predicted molar refractivity (Wildman–Crippen MR) is 103 cm³/mol. The number of carboxylic acid groups (broad SMARTS) is 2. The summed E-state index contributed by atoms with van der Waals surface area (Å²) < 4.78 is 5.17. The third-order valence-electron chi connectivity index (χ3n) is 3.87. The Morgan fingerprint density at radius 3 is 2.11 bits per heavy atom. The molecule has 0 saturated carbocycles. The number of carbonyl (C=O) groups is 2. The fourth-order valence-corrected chi connectivity index (χ4v) is 2.53. The van der Waals surface area contributed by atoms with Gasteiger partial charge in [-0.25, -0.2) is 9.59 Å². The van der Waals surface area contributed by atoms with Crippen molar-refractivity contribution >= 4 is 22.7 Å². The van der Waals surface area contributed by atoms with Crippen molar-refractivity contribution in [1.82, 2.24) is 5.32 Å². The first kappa shape index (κ1) is 19.9. The highest BCUT2D eigenvalue weighted by Gasteiger charge is 2.04. The van der Waals surface area contributed by atoms with E-state index < -0.39 is 11.9 Å². The topological polar surface area (TPSA) is 95.9 Å². The van der Waals surface area contributed by atoms with Crippen LogP contribution in [0.2, 0.25) is 0 Å². The first-order chi connectivity index (χ1) is 13.0. The van der Waals surface area contributed by atoms with Gasteiger partial charge < -0.3 is 20.3 Å². The molecule has 0 spiro atoms. The summed E-state index contributed by atoms with van der Waals surface area (Å²) >= 11 is 0. The van der Waals surface area contributed by atoms with Crippen LogP contribution < -0.4 is 10.1 Å². The summed E-state index contributed by atoms with van der Waals surface area (Å²) in [5, 5.41) is 20.9. The molecule has 6 heteroatoms. The van der Waals surface area contributed by atoms with Crippen LogP contribution in [0.1, 0.15) is 11.1 Å². The van der Waals surface area contributed by atoms with Gasteiger partial charge in [0.15, 0.2) is 0 Å². The van der Waals surface area contributed by atoms with Gasteiger partial charge in [-0.3, -0.25) is 0 Å². The first-order valence-corrected chi connectivity index (χ1v) is 8.27. The van der Waals surface area contributed by atoms with Gasteiger partial charge in [0.25, 0.3) is 0 Å². The summed E-state index contributed by atoms with van der Waals surface area (Å²) in [6.45, 7) is 1.72. The third kappa shape index (κ3) is 6.13. The Morgan fingerprint density at radius 1 is 0.852 bits per heavy atom. The Kier molecular flexibility index (Phi) is 7.34. The second-order valence-corrected chi connectivity index (χ2v) is 5.70. The van der Waals surface area contributed by atoms with Crippen LogP contribution in [0.4, 0.5) is 0 Å². The van der Waals surface area contributed by atoms with Gasteiger partial charge in [-0.05, 0) is 34.0 Å². The molecule has 0 unspecified atom stereocenters. The van der Waals surface area contributed by atoms with E-state index in [4.69, 9.17) is 24.5 Å².